The van der Waals surface area contributed by atoms with Gasteiger partial charge < -0.3 is 14.6 Å². The number of allylic oxidation sites excluding steroid dienone is 2. The predicted octanol–water partition coefficient (Wildman–Crippen LogP) is 5.38. The fourth-order valence-corrected chi connectivity index (χ4v) is 3.24. The van der Waals surface area contributed by atoms with Gasteiger partial charge in [-0.05, 0) is 49.0 Å². The molecule has 1 aromatic carbocycles. The Bertz CT molecular complexity index is 721. The number of aliphatic hydroxyl groups excluding tert-OH is 1. The standard InChI is InChI=1S/C21H29FO3/c1-8-13(17(22)12-23)14-9-15-16(20(2,3)4)11-21(5,6)25-19(15)10-18(14)24-7/h9-11,23H,8,12H2,1-7H3/b17-13+. The van der Waals surface area contributed by atoms with Crippen LogP contribution in [0.15, 0.2) is 24.0 Å². The van der Waals surface area contributed by atoms with Gasteiger partial charge in [-0.1, -0.05) is 27.7 Å². The average Bonchev–Trinajstić information content (AvgIpc) is 2.52. The smallest absolute Gasteiger partial charge is 0.131 e. The maximum atomic E-state index is 14.2. The highest BCUT2D eigenvalue weighted by atomic mass is 19.1. The van der Waals surface area contributed by atoms with Crippen molar-refractivity contribution in [3.8, 4) is 11.5 Å². The van der Waals surface area contributed by atoms with Gasteiger partial charge in [0.05, 0.1) is 13.7 Å². The molecule has 0 saturated heterocycles. The number of methoxy groups -OCH3 is 1. The normalized spacial score (nSPS) is 17.2. The zero-order valence-corrected chi connectivity index (χ0v) is 16.3. The lowest BCUT2D eigenvalue weighted by atomic mass is 9.77. The van der Waals surface area contributed by atoms with Crippen molar-refractivity contribution in [3.05, 3.63) is 35.2 Å². The van der Waals surface area contributed by atoms with E-state index in [2.05, 4.69) is 26.8 Å². The van der Waals surface area contributed by atoms with Crippen LogP contribution >= 0.6 is 0 Å². The Hall–Kier alpha value is -1.81. The van der Waals surface area contributed by atoms with Gasteiger partial charge in [-0.25, -0.2) is 4.39 Å². The summed E-state index contributed by atoms with van der Waals surface area (Å²) in [5.74, 6) is 0.752. The molecule has 0 amide bonds. The van der Waals surface area contributed by atoms with E-state index >= 15 is 0 Å². The van der Waals surface area contributed by atoms with Gasteiger partial charge in [-0.3, -0.25) is 0 Å². The van der Waals surface area contributed by atoms with Crippen LogP contribution in [0.5, 0.6) is 11.5 Å². The molecule has 1 heterocycles. The third-order valence-electron chi connectivity index (χ3n) is 4.41. The Balaban J connectivity index is 2.78. The molecule has 138 valence electrons. The van der Waals surface area contributed by atoms with Crippen LogP contribution in [0.4, 0.5) is 4.39 Å². The highest BCUT2D eigenvalue weighted by molar-refractivity contribution is 5.82. The van der Waals surface area contributed by atoms with Crippen LogP contribution in [0.1, 0.15) is 59.1 Å². The minimum atomic E-state index is -0.616. The lowest BCUT2D eigenvalue weighted by Crippen LogP contribution is -2.31. The molecule has 4 heteroatoms. The molecule has 1 N–H and O–H groups in total. The Morgan fingerprint density at radius 2 is 1.92 bits per heavy atom. The molecule has 3 nitrogen and oxygen atoms in total. The van der Waals surface area contributed by atoms with Crippen molar-refractivity contribution in [2.45, 2.75) is 53.6 Å². The molecule has 0 aliphatic carbocycles. The van der Waals surface area contributed by atoms with E-state index in [9.17, 15) is 9.50 Å². The second-order valence-electron chi connectivity index (χ2n) is 7.96. The first kappa shape index (κ1) is 19.5. The highest BCUT2D eigenvalue weighted by Gasteiger charge is 2.33. The summed E-state index contributed by atoms with van der Waals surface area (Å²) in [6.07, 6.45) is 2.59. The van der Waals surface area contributed by atoms with Crippen LogP contribution in [0.3, 0.4) is 0 Å². The molecular formula is C21H29FO3. The molecule has 0 spiro atoms. The zero-order valence-electron chi connectivity index (χ0n) is 16.3. The predicted molar refractivity (Wildman–Crippen MR) is 101 cm³/mol. The van der Waals surface area contributed by atoms with Crippen molar-refractivity contribution in [1.82, 2.24) is 0 Å². The van der Waals surface area contributed by atoms with E-state index in [-0.39, 0.29) is 5.41 Å². The molecule has 0 fully saturated rings. The first-order valence-corrected chi connectivity index (χ1v) is 8.67. The monoisotopic (exact) mass is 348 g/mol. The molecule has 0 atom stereocenters. The fraction of sp³-hybridized carbons (Fsp3) is 0.524. The summed E-state index contributed by atoms with van der Waals surface area (Å²) < 4.78 is 25.8. The van der Waals surface area contributed by atoms with Crippen LogP contribution in [-0.2, 0) is 0 Å². The van der Waals surface area contributed by atoms with Crippen LogP contribution < -0.4 is 9.47 Å². The number of rotatable bonds is 4. The average molecular weight is 348 g/mol. The van der Waals surface area contributed by atoms with Gasteiger partial charge in [0.25, 0.3) is 0 Å². The number of hydrogen-bond donors (Lipinski definition) is 1. The van der Waals surface area contributed by atoms with E-state index in [0.29, 0.717) is 23.3 Å². The van der Waals surface area contributed by atoms with Crippen molar-refractivity contribution >= 4 is 11.1 Å². The molecule has 1 aliphatic rings. The molecule has 25 heavy (non-hydrogen) atoms. The third-order valence-corrected chi connectivity index (χ3v) is 4.41. The minimum absolute atomic E-state index is 0.0900. The number of benzene rings is 1. The summed E-state index contributed by atoms with van der Waals surface area (Å²) in [6, 6.07) is 3.75. The quantitative estimate of drug-likeness (QED) is 0.794. The number of hydrogen-bond acceptors (Lipinski definition) is 3. The van der Waals surface area contributed by atoms with E-state index in [1.165, 1.54) is 0 Å². The van der Waals surface area contributed by atoms with Gasteiger partial charge in [0.15, 0.2) is 0 Å². The van der Waals surface area contributed by atoms with Gasteiger partial charge >= 0.3 is 0 Å². The number of ether oxygens (including phenoxy) is 2. The second-order valence-corrected chi connectivity index (χ2v) is 7.96. The van der Waals surface area contributed by atoms with Crippen molar-refractivity contribution in [1.29, 1.82) is 0 Å². The Labute approximate surface area is 150 Å². The van der Waals surface area contributed by atoms with Gasteiger partial charge in [-0.2, -0.15) is 0 Å². The number of aliphatic hydroxyl groups is 1. The minimum Gasteiger partial charge on any atom is -0.496 e. The lowest BCUT2D eigenvalue weighted by molar-refractivity contribution is 0.155. The topological polar surface area (TPSA) is 38.7 Å². The second kappa shape index (κ2) is 6.83. The molecule has 0 radical (unpaired) electrons. The summed E-state index contributed by atoms with van der Waals surface area (Å²) in [6.45, 7) is 11.7. The Kier molecular flexibility index (Phi) is 5.33. The van der Waals surface area contributed by atoms with E-state index in [1.54, 1.807) is 7.11 Å². The van der Waals surface area contributed by atoms with Gasteiger partial charge in [0, 0.05) is 17.2 Å². The van der Waals surface area contributed by atoms with Crippen molar-refractivity contribution < 1.29 is 19.0 Å². The summed E-state index contributed by atoms with van der Waals surface area (Å²) in [4.78, 5) is 0. The van der Waals surface area contributed by atoms with E-state index < -0.39 is 18.0 Å². The maximum Gasteiger partial charge on any atom is 0.131 e. The first-order chi connectivity index (χ1) is 11.5. The summed E-state index contributed by atoms with van der Waals surface area (Å²) in [7, 11) is 1.56. The molecule has 0 saturated carbocycles. The maximum absolute atomic E-state index is 14.2. The molecule has 0 bridgehead atoms. The van der Waals surface area contributed by atoms with Crippen LogP contribution in [0.2, 0.25) is 0 Å². The summed E-state index contributed by atoms with van der Waals surface area (Å²) in [5, 5.41) is 9.24. The van der Waals surface area contributed by atoms with Gasteiger partial charge in [-0.15, -0.1) is 0 Å². The molecular weight excluding hydrogens is 319 g/mol. The van der Waals surface area contributed by atoms with Gasteiger partial charge in [0.2, 0.25) is 0 Å². The third kappa shape index (κ3) is 3.90. The van der Waals surface area contributed by atoms with Crippen molar-refractivity contribution in [3.63, 3.8) is 0 Å². The Morgan fingerprint density at radius 1 is 1.28 bits per heavy atom. The van der Waals surface area contributed by atoms with Crippen LogP contribution in [0.25, 0.3) is 11.1 Å². The number of fused-ring (bicyclic) bond motifs is 1. The first-order valence-electron chi connectivity index (χ1n) is 8.67. The van der Waals surface area contributed by atoms with E-state index in [4.69, 9.17) is 9.47 Å². The molecule has 2 rings (SSSR count). The number of halogens is 1. The van der Waals surface area contributed by atoms with Gasteiger partial charge in [0.1, 0.15) is 22.9 Å². The molecule has 1 aliphatic heterocycles. The summed E-state index contributed by atoms with van der Waals surface area (Å²) >= 11 is 0. The molecule has 0 aromatic heterocycles. The van der Waals surface area contributed by atoms with Crippen LogP contribution in [-0.4, -0.2) is 24.4 Å². The SMILES string of the molecule is CC/C(=C(\F)CO)c1cc2c(cc1OC)OC(C)(C)C=C2C(C)(C)C. The van der Waals surface area contributed by atoms with Crippen molar-refractivity contribution in [2.24, 2.45) is 5.41 Å². The largest absolute Gasteiger partial charge is 0.496 e. The summed E-state index contributed by atoms with van der Waals surface area (Å²) in [5.41, 5.74) is 2.70. The van der Waals surface area contributed by atoms with E-state index in [0.717, 1.165) is 16.9 Å². The van der Waals surface area contributed by atoms with E-state index in [1.807, 2.05) is 32.9 Å². The Morgan fingerprint density at radius 3 is 2.40 bits per heavy atom. The molecule has 1 aromatic rings. The molecule has 0 unspecified atom stereocenters. The fourth-order valence-electron chi connectivity index (χ4n) is 3.24. The van der Waals surface area contributed by atoms with Crippen molar-refractivity contribution in [2.75, 3.05) is 13.7 Å². The zero-order chi connectivity index (χ0) is 19.0. The lowest BCUT2D eigenvalue weighted by Gasteiger charge is -2.36. The van der Waals surface area contributed by atoms with Crippen LogP contribution in [0, 0.1) is 5.41 Å². The highest BCUT2D eigenvalue weighted by Crippen LogP contribution is 2.48.